The minimum absolute atomic E-state index is 0.257. The van der Waals surface area contributed by atoms with Crippen molar-refractivity contribution in [2.45, 2.75) is 0 Å². The lowest BCUT2D eigenvalue weighted by molar-refractivity contribution is 0.205. The van der Waals surface area contributed by atoms with Gasteiger partial charge >= 0.3 is 0 Å². The second-order valence-electron chi connectivity index (χ2n) is 4.20. The lowest BCUT2D eigenvalue weighted by Gasteiger charge is -2.12. The molecule has 0 saturated carbocycles. The summed E-state index contributed by atoms with van der Waals surface area (Å²) in [7, 11) is 3.27. The molecule has 0 heterocycles. The number of fused-ring (bicyclic) bond motifs is 1. The summed E-state index contributed by atoms with van der Waals surface area (Å²) in [6.45, 7) is 0.537. The third-order valence-electron chi connectivity index (χ3n) is 2.96. The summed E-state index contributed by atoms with van der Waals surface area (Å²) >= 11 is 0. The van der Waals surface area contributed by atoms with Gasteiger partial charge in [0.2, 0.25) is 0 Å². The minimum atomic E-state index is 0.257. The normalized spacial score (nSPS) is 9.57. The first-order valence-corrected chi connectivity index (χ1v) is 6.45. The van der Waals surface area contributed by atoms with Crippen LogP contribution in [0.5, 0.6) is 11.5 Å². The molecule has 0 aliphatic heterocycles. The summed E-state index contributed by atoms with van der Waals surface area (Å²) in [5.74, 6) is 9.86. The van der Waals surface area contributed by atoms with Gasteiger partial charge in [0.25, 0.3) is 0 Å². The highest BCUT2D eigenvalue weighted by molar-refractivity contribution is 5.95. The molecular formula is C18H16O3. The predicted octanol–water partition coefficient (Wildman–Crippen LogP) is 2.86. The quantitative estimate of drug-likeness (QED) is 0.636. The molecule has 21 heavy (non-hydrogen) atoms. The Morgan fingerprint density at radius 1 is 1.05 bits per heavy atom. The molecule has 2 aromatic carbocycles. The highest BCUT2D eigenvalue weighted by atomic mass is 16.5. The molecule has 0 bridgehead atoms. The largest absolute Gasteiger partial charge is 0.496 e. The molecule has 2 aromatic rings. The van der Waals surface area contributed by atoms with Gasteiger partial charge in [0, 0.05) is 16.8 Å². The number of hydrogen-bond acceptors (Lipinski definition) is 3. The Bertz CT molecular complexity index is 730. The third kappa shape index (κ3) is 3.28. The molecule has 0 aliphatic rings. The number of terminal acetylenes is 1. The fraction of sp³-hybridized carbons (Fsp3) is 0.222. The van der Waals surface area contributed by atoms with Crippen LogP contribution in [-0.4, -0.2) is 27.4 Å². The number of hydrogen-bond donors (Lipinski definition) is 0. The molecular weight excluding hydrogens is 264 g/mol. The Morgan fingerprint density at radius 2 is 1.81 bits per heavy atom. The van der Waals surface area contributed by atoms with E-state index in [0.717, 1.165) is 27.8 Å². The van der Waals surface area contributed by atoms with Crippen LogP contribution < -0.4 is 9.47 Å². The Balaban J connectivity index is 2.45. The van der Waals surface area contributed by atoms with E-state index >= 15 is 0 Å². The number of methoxy groups -OCH3 is 2. The predicted molar refractivity (Wildman–Crippen MR) is 83.6 cm³/mol. The van der Waals surface area contributed by atoms with Crippen LogP contribution in [-0.2, 0) is 4.74 Å². The Kier molecular flexibility index (Phi) is 5.10. The number of rotatable bonds is 4. The first-order chi connectivity index (χ1) is 10.3. The van der Waals surface area contributed by atoms with Crippen LogP contribution in [0.2, 0.25) is 0 Å². The van der Waals surface area contributed by atoms with Gasteiger partial charge in [-0.3, -0.25) is 0 Å². The number of ether oxygens (including phenoxy) is 3. The fourth-order valence-electron chi connectivity index (χ4n) is 2.09. The summed E-state index contributed by atoms with van der Waals surface area (Å²) in [5.41, 5.74) is 0.761. The first-order valence-electron chi connectivity index (χ1n) is 6.45. The van der Waals surface area contributed by atoms with Gasteiger partial charge in [0.05, 0.1) is 19.8 Å². The molecule has 0 saturated heterocycles. The monoisotopic (exact) mass is 280 g/mol. The van der Waals surface area contributed by atoms with E-state index in [9.17, 15) is 0 Å². The smallest absolute Gasteiger partial charge is 0.142 e. The molecule has 0 atom stereocenters. The van der Waals surface area contributed by atoms with Gasteiger partial charge in [-0.1, -0.05) is 42.0 Å². The van der Waals surface area contributed by atoms with Crippen molar-refractivity contribution in [3.8, 4) is 35.7 Å². The van der Waals surface area contributed by atoms with E-state index < -0.39 is 0 Å². The van der Waals surface area contributed by atoms with Crippen LogP contribution in [0.15, 0.2) is 30.3 Å². The zero-order valence-corrected chi connectivity index (χ0v) is 12.1. The Morgan fingerprint density at radius 3 is 2.48 bits per heavy atom. The summed E-state index contributed by atoms with van der Waals surface area (Å²) in [6, 6.07) is 9.76. The molecule has 106 valence electrons. The van der Waals surface area contributed by atoms with Gasteiger partial charge in [-0.15, -0.1) is 6.42 Å². The standard InChI is InChI=1S/C18H16O3/c1-4-11-21-12-7-8-14-13-17(19-2)15-9-5-6-10-16(15)18(14)20-3/h1,5-6,9-10,13H,11-12H2,2-3H3. The Labute approximate surface area is 124 Å². The molecule has 0 amide bonds. The third-order valence-corrected chi connectivity index (χ3v) is 2.96. The van der Waals surface area contributed by atoms with Crippen LogP contribution in [0.4, 0.5) is 0 Å². The van der Waals surface area contributed by atoms with E-state index in [2.05, 4.69) is 17.8 Å². The van der Waals surface area contributed by atoms with E-state index in [1.165, 1.54) is 0 Å². The van der Waals surface area contributed by atoms with E-state index in [1.807, 2.05) is 30.3 Å². The second kappa shape index (κ2) is 7.24. The lowest BCUT2D eigenvalue weighted by Crippen LogP contribution is -1.94. The zero-order valence-electron chi connectivity index (χ0n) is 12.1. The summed E-state index contributed by atoms with van der Waals surface area (Å²) in [6.07, 6.45) is 5.11. The van der Waals surface area contributed by atoms with Gasteiger partial charge in [-0.2, -0.15) is 0 Å². The number of benzene rings is 2. The molecule has 0 unspecified atom stereocenters. The van der Waals surface area contributed by atoms with Crippen LogP contribution in [0.25, 0.3) is 10.8 Å². The molecule has 0 fully saturated rings. The molecule has 0 spiro atoms. The Hall–Kier alpha value is -2.62. The molecule has 0 N–H and O–H groups in total. The molecule has 0 aromatic heterocycles. The molecule has 0 aliphatic carbocycles. The van der Waals surface area contributed by atoms with Gasteiger partial charge < -0.3 is 14.2 Å². The van der Waals surface area contributed by atoms with E-state index in [1.54, 1.807) is 14.2 Å². The van der Waals surface area contributed by atoms with Gasteiger partial charge in [-0.25, -0.2) is 0 Å². The minimum Gasteiger partial charge on any atom is -0.496 e. The van der Waals surface area contributed by atoms with Crippen molar-refractivity contribution in [3.05, 3.63) is 35.9 Å². The van der Waals surface area contributed by atoms with Crippen LogP contribution in [0, 0.1) is 24.2 Å². The lowest BCUT2D eigenvalue weighted by atomic mass is 10.0. The topological polar surface area (TPSA) is 27.7 Å². The van der Waals surface area contributed by atoms with Crippen molar-refractivity contribution in [2.75, 3.05) is 27.4 Å². The summed E-state index contributed by atoms with van der Waals surface area (Å²) < 4.78 is 16.1. The summed E-state index contributed by atoms with van der Waals surface area (Å²) in [5, 5.41) is 1.96. The van der Waals surface area contributed by atoms with E-state index in [4.69, 9.17) is 20.6 Å². The van der Waals surface area contributed by atoms with Gasteiger partial charge in [0.1, 0.15) is 24.7 Å². The molecule has 3 nitrogen and oxygen atoms in total. The average Bonchev–Trinajstić information content (AvgIpc) is 2.53. The maximum absolute atomic E-state index is 5.51. The molecule has 0 radical (unpaired) electrons. The van der Waals surface area contributed by atoms with Crippen LogP contribution >= 0.6 is 0 Å². The van der Waals surface area contributed by atoms with Crippen molar-refractivity contribution < 1.29 is 14.2 Å². The van der Waals surface area contributed by atoms with Crippen molar-refractivity contribution in [2.24, 2.45) is 0 Å². The highest BCUT2D eigenvalue weighted by Gasteiger charge is 2.11. The van der Waals surface area contributed by atoms with E-state index in [0.29, 0.717) is 0 Å². The first kappa shape index (κ1) is 14.8. The summed E-state index contributed by atoms with van der Waals surface area (Å²) in [4.78, 5) is 0. The second-order valence-corrected chi connectivity index (χ2v) is 4.20. The van der Waals surface area contributed by atoms with Crippen molar-refractivity contribution in [1.82, 2.24) is 0 Å². The molecule has 2 rings (SSSR count). The van der Waals surface area contributed by atoms with E-state index in [-0.39, 0.29) is 13.2 Å². The zero-order chi connectivity index (χ0) is 15.1. The fourth-order valence-corrected chi connectivity index (χ4v) is 2.09. The molecule has 3 heteroatoms. The van der Waals surface area contributed by atoms with Crippen molar-refractivity contribution in [3.63, 3.8) is 0 Å². The average molecular weight is 280 g/mol. The SMILES string of the molecule is C#CCOCC#Cc1cc(OC)c2ccccc2c1OC. The van der Waals surface area contributed by atoms with Crippen molar-refractivity contribution in [1.29, 1.82) is 0 Å². The highest BCUT2D eigenvalue weighted by Crippen LogP contribution is 2.36. The van der Waals surface area contributed by atoms with Crippen molar-refractivity contribution >= 4 is 10.8 Å². The maximum atomic E-state index is 5.51. The van der Waals surface area contributed by atoms with Crippen LogP contribution in [0.3, 0.4) is 0 Å². The van der Waals surface area contributed by atoms with Gasteiger partial charge in [0.15, 0.2) is 0 Å². The van der Waals surface area contributed by atoms with Gasteiger partial charge in [-0.05, 0) is 0 Å². The maximum Gasteiger partial charge on any atom is 0.142 e. The van der Waals surface area contributed by atoms with Crippen LogP contribution in [0.1, 0.15) is 5.56 Å².